The molecule has 1 aromatic rings. The largest absolute Gasteiger partial charge is 0.400 e. The van der Waals surface area contributed by atoms with Crippen molar-refractivity contribution in [3.8, 4) is 0 Å². The average Bonchev–Trinajstić information content (AvgIpc) is 2.48. The molecule has 0 heterocycles. The zero-order valence-electron chi connectivity index (χ0n) is 10.7. The smallest absolute Gasteiger partial charge is 0.0319 e. The molecule has 0 spiro atoms. The van der Waals surface area contributed by atoms with Crippen molar-refractivity contribution in [2.24, 2.45) is 5.73 Å². The summed E-state index contributed by atoms with van der Waals surface area (Å²) in [7, 11) is 2.50. The van der Waals surface area contributed by atoms with Crippen molar-refractivity contribution in [2.45, 2.75) is 38.5 Å². The summed E-state index contributed by atoms with van der Waals surface area (Å²) >= 11 is 0. The normalized spacial score (nSPS) is 12.8. The first-order valence-corrected chi connectivity index (χ1v) is 6.02. The summed E-state index contributed by atoms with van der Waals surface area (Å²) in [5.41, 5.74) is 4.50. The van der Waals surface area contributed by atoms with E-state index in [4.69, 9.17) is 5.11 Å². The van der Waals surface area contributed by atoms with Gasteiger partial charge in [0.05, 0.1) is 0 Å². The van der Waals surface area contributed by atoms with Gasteiger partial charge in [-0.05, 0) is 7.05 Å². The minimum atomic E-state index is 1.00. The van der Waals surface area contributed by atoms with Gasteiger partial charge in [-0.25, -0.2) is 0 Å². The van der Waals surface area contributed by atoms with E-state index in [2.05, 4.69) is 5.73 Å². The highest BCUT2D eigenvalue weighted by atomic mass is 16.2. The Balaban J connectivity index is 0. The molecule has 1 aromatic carbocycles. The Morgan fingerprint density at radius 2 is 0.688 bits per heavy atom. The van der Waals surface area contributed by atoms with Crippen molar-refractivity contribution in [1.29, 1.82) is 0 Å². The maximum Gasteiger partial charge on any atom is 0.0319 e. The van der Waals surface area contributed by atoms with Crippen molar-refractivity contribution < 1.29 is 5.11 Å². The molecule has 1 fully saturated rings. The molecule has 1 saturated carbocycles. The molecular formula is C14H27NO. The van der Waals surface area contributed by atoms with E-state index in [1.165, 1.54) is 45.6 Å². The summed E-state index contributed by atoms with van der Waals surface area (Å²) in [5, 5.41) is 7.00. The summed E-state index contributed by atoms with van der Waals surface area (Å²) < 4.78 is 0. The van der Waals surface area contributed by atoms with Crippen LogP contribution in [0.4, 0.5) is 0 Å². The minimum Gasteiger partial charge on any atom is -0.400 e. The fourth-order valence-corrected chi connectivity index (χ4v) is 1.45. The van der Waals surface area contributed by atoms with E-state index in [1.54, 1.807) is 0 Å². The van der Waals surface area contributed by atoms with E-state index >= 15 is 0 Å². The molecular weight excluding hydrogens is 198 g/mol. The van der Waals surface area contributed by atoms with Crippen LogP contribution in [0.5, 0.6) is 0 Å². The van der Waals surface area contributed by atoms with Crippen LogP contribution in [0.25, 0.3) is 0 Å². The summed E-state index contributed by atoms with van der Waals surface area (Å²) in [4.78, 5) is 0. The second kappa shape index (κ2) is 19.7. The molecule has 0 aliphatic heterocycles. The van der Waals surface area contributed by atoms with Crippen LogP contribution in [-0.2, 0) is 0 Å². The fraction of sp³-hybridized carbons (Fsp3) is 0.571. The van der Waals surface area contributed by atoms with Gasteiger partial charge in [0.2, 0.25) is 0 Å². The second-order valence-corrected chi connectivity index (χ2v) is 3.28. The number of rotatable bonds is 0. The van der Waals surface area contributed by atoms with E-state index in [0.717, 1.165) is 7.11 Å². The van der Waals surface area contributed by atoms with Gasteiger partial charge in [-0.3, -0.25) is 0 Å². The van der Waals surface area contributed by atoms with Crippen LogP contribution in [0, 0.1) is 0 Å². The zero-order chi connectivity index (χ0) is 12.5. The molecule has 0 amide bonds. The Kier molecular flexibility index (Phi) is 21.6. The number of hydrogen-bond acceptors (Lipinski definition) is 2. The van der Waals surface area contributed by atoms with Gasteiger partial charge in [-0.1, -0.05) is 74.9 Å². The number of aliphatic hydroxyl groups excluding tert-OH is 1. The lowest BCUT2D eigenvalue weighted by Crippen LogP contribution is -1.85. The third-order valence-corrected chi connectivity index (χ3v) is 2.17. The van der Waals surface area contributed by atoms with Crippen molar-refractivity contribution in [1.82, 2.24) is 0 Å². The Bertz CT molecular complexity index is 135. The first-order chi connectivity index (χ1) is 8.00. The molecule has 3 N–H and O–H groups in total. The van der Waals surface area contributed by atoms with Gasteiger partial charge in [0.15, 0.2) is 0 Å². The van der Waals surface area contributed by atoms with Gasteiger partial charge in [0.25, 0.3) is 0 Å². The molecule has 0 aromatic heterocycles. The van der Waals surface area contributed by atoms with Crippen LogP contribution < -0.4 is 5.73 Å². The maximum absolute atomic E-state index is 7.00. The summed E-state index contributed by atoms with van der Waals surface area (Å²) in [5.74, 6) is 0. The Labute approximate surface area is 100 Å². The Morgan fingerprint density at radius 1 is 0.562 bits per heavy atom. The van der Waals surface area contributed by atoms with Crippen LogP contribution in [0.1, 0.15) is 38.5 Å². The third-order valence-electron chi connectivity index (χ3n) is 2.17. The molecule has 0 radical (unpaired) electrons. The van der Waals surface area contributed by atoms with E-state index in [1.807, 2.05) is 36.4 Å². The highest BCUT2D eigenvalue weighted by Crippen LogP contribution is 2.15. The van der Waals surface area contributed by atoms with Crippen molar-refractivity contribution in [3.63, 3.8) is 0 Å². The highest BCUT2D eigenvalue weighted by molar-refractivity contribution is 4.99. The summed E-state index contributed by atoms with van der Waals surface area (Å²) in [6, 6.07) is 12.0. The fourth-order valence-electron chi connectivity index (χ4n) is 1.45. The van der Waals surface area contributed by atoms with Crippen LogP contribution in [0.2, 0.25) is 0 Å². The number of benzene rings is 1. The zero-order valence-corrected chi connectivity index (χ0v) is 10.7. The van der Waals surface area contributed by atoms with Gasteiger partial charge in [-0.2, -0.15) is 0 Å². The lowest BCUT2D eigenvalue weighted by Gasteiger charge is -2.05. The highest BCUT2D eigenvalue weighted by Gasteiger charge is 1.95. The molecule has 94 valence electrons. The third kappa shape index (κ3) is 15.6. The quantitative estimate of drug-likeness (QED) is 0.712. The van der Waals surface area contributed by atoms with Crippen molar-refractivity contribution in [2.75, 3.05) is 14.2 Å². The van der Waals surface area contributed by atoms with E-state index in [9.17, 15) is 0 Å². The molecule has 0 unspecified atom stereocenters. The van der Waals surface area contributed by atoms with Crippen molar-refractivity contribution >= 4 is 0 Å². The summed E-state index contributed by atoms with van der Waals surface area (Å²) in [6.07, 6.45) is 9.00. The number of aliphatic hydroxyl groups is 1. The molecule has 1 aliphatic rings. The van der Waals surface area contributed by atoms with Crippen LogP contribution in [0.3, 0.4) is 0 Å². The first kappa shape index (κ1) is 17.5. The topological polar surface area (TPSA) is 46.2 Å². The average molecular weight is 225 g/mol. The monoisotopic (exact) mass is 225 g/mol. The predicted molar refractivity (Wildman–Crippen MR) is 72.4 cm³/mol. The van der Waals surface area contributed by atoms with E-state index < -0.39 is 0 Å². The van der Waals surface area contributed by atoms with E-state index in [0.29, 0.717) is 0 Å². The van der Waals surface area contributed by atoms with Crippen LogP contribution >= 0.6 is 0 Å². The lowest BCUT2D eigenvalue weighted by molar-refractivity contribution is 0.399. The standard InChI is InChI=1S/C6H12.C6H6.CH5N.CH4O/c2*1-2-4-6-5-3-1;2*1-2/h1-6H2;1-6H;2H2,1H3;2H,1H3. The van der Waals surface area contributed by atoms with Gasteiger partial charge in [-0.15, -0.1) is 0 Å². The maximum atomic E-state index is 7.00. The number of nitrogens with two attached hydrogens (primary N) is 1. The molecule has 0 saturated heterocycles. The molecule has 2 rings (SSSR count). The Hall–Kier alpha value is -0.860. The van der Waals surface area contributed by atoms with Gasteiger partial charge in [0.1, 0.15) is 0 Å². The molecule has 0 atom stereocenters. The molecule has 16 heavy (non-hydrogen) atoms. The van der Waals surface area contributed by atoms with Crippen LogP contribution in [0.15, 0.2) is 36.4 Å². The predicted octanol–water partition coefficient (Wildman–Crippen LogP) is 3.21. The molecule has 2 heteroatoms. The Morgan fingerprint density at radius 3 is 0.812 bits per heavy atom. The van der Waals surface area contributed by atoms with Gasteiger partial charge >= 0.3 is 0 Å². The van der Waals surface area contributed by atoms with Gasteiger partial charge < -0.3 is 10.8 Å². The lowest BCUT2D eigenvalue weighted by atomic mass is 10.0. The van der Waals surface area contributed by atoms with E-state index in [-0.39, 0.29) is 0 Å². The summed E-state index contributed by atoms with van der Waals surface area (Å²) in [6.45, 7) is 0. The second-order valence-electron chi connectivity index (χ2n) is 3.28. The molecule has 1 aliphatic carbocycles. The van der Waals surface area contributed by atoms with Gasteiger partial charge in [0, 0.05) is 7.11 Å². The van der Waals surface area contributed by atoms with Crippen molar-refractivity contribution in [3.05, 3.63) is 36.4 Å². The first-order valence-electron chi connectivity index (χ1n) is 6.02. The number of hydrogen-bond donors (Lipinski definition) is 2. The molecule has 2 nitrogen and oxygen atoms in total. The van der Waals surface area contributed by atoms with Crippen LogP contribution in [-0.4, -0.2) is 19.3 Å². The SMILES string of the molecule is C1CCCCC1.CN.CO.c1ccccc1. The minimum absolute atomic E-state index is 1.00. The molecule has 0 bridgehead atoms.